The highest BCUT2D eigenvalue weighted by Crippen LogP contribution is 2.30. The number of nitrogens with one attached hydrogen (secondary N) is 2. The summed E-state index contributed by atoms with van der Waals surface area (Å²) < 4.78 is 10.5. The van der Waals surface area contributed by atoms with Crippen molar-refractivity contribution in [2.75, 3.05) is 26.1 Å². The van der Waals surface area contributed by atoms with Gasteiger partial charge in [-0.2, -0.15) is 0 Å². The number of nitrogens with zero attached hydrogens (tertiary/aromatic N) is 2. The predicted molar refractivity (Wildman–Crippen MR) is 115 cm³/mol. The van der Waals surface area contributed by atoms with Crippen LogP contribution in [-0.2, 0) is 28.9 Å². The number of carbonyl (C=O) groups excluding carboxylic acids is 3. The third-order valence-electron chi connectivity index (χ3n) is 5.41. The van der Waals surface area contributed by atoms with Gasteiger partial charge in [0.2, 0.25) is 5.91 Å². The number of thiazole rings is 1. The van der Waals surface area contributed by atoms with E-state index in [-0.39, 0.29) is 18.9 Å². The van der Waals surface area contributed by atoms with Crippen LogP contribution in [0.15, 0.2) is 18.2 Å². The van der Waals surface area contributed by atoms with Crippen LogP contribution in [0.2, 0.25) is 0 Å². The van der Waals surface area contributed by atoms with Crippen LogP contribution in [-0.4, -0.2) is 54.5 Å². The quantitative estimate of drug-likeness (QED) is 0.604. The first kappa shape index (κ1) is 21.1. The molecule has 31 heavy (non-hydrogen) atoms. The summed E-state index contributed by atoms with van der Waals surface area (Å²) in [6.07, 6.45) is 3.37. The Morgan fingerprint density at radius 3 is 2.81 bits per heavy atom. The number of hydrogen-bond acceptors (Lipinski definition) is 7. The molecule has 164 valence electrons. The third-order valence-corrected chi connectivity index (χ3v) is 6.48. The van der Waals surface area contributed by atoms with Gasteiger partial charge in [-0.3, -0.25) is 14.5 Å². The maximum absolute atomic E-state index is 12.7. The van der Waals surface area contributed by atoms with Gasteiger partial charge in [-0.1, -0.05) is 6.07 Å². The molecule has 4 amide bonds. The normalized spacial score (nSPS) is 17.5. The lowest BCUT2D eigenvalue weighted by Gasteiger charge is -2.14. The van der Waals surface area contributed by atoms with Crippen LogP contribution in [0.4, 0.5) is 9.93 Å². The Morgan fingerprint density at radius 1 is 1.26 bits per heavy atom. The molecular formula is C21H24N4O5S. The lowest BCUT2D eigenvalue weighted by molar-refractivity contribution is -0.129. The maximum atomic E-state index is 12.7. The second kappa shape index (κ2) is 8.93. The molecule has 9 nitrogen and oxygen atoms in total. The Morgan fingerprint density at radius 2 is 2.06 bits per heavy atom. The lowest BCUT2D eigenvalue weighted by atomic mass is 10.1. The van der Waals surface area contributed by atoms with Crippen LogP contribution >= 0.6 is 11.3 Å². The molecule has 0 saturated carbocycles. The van der Waals surface area contributed by atoms with Gasteiger partial charge in [0.25, 0.3) is 5.91 Å². The van der Waals surface area contributed by atoms with Crippen LogP contribution in [0, 0.1) is 0 Å². The first-order chi connectivity index (χ1) is 15.0. The predicted octanol–water partition coefficient (Wildman–Crippen LogP) is 2.14. The van der Waals surface area contributed by atoms with E-state index in [4.69, 9.17) is 9.47 Å². The molecule has 0 radical (unpaired) electrons. The number of amides is 4. The molecule has 1 aliphatic heterocycles. The second-order valence-corrected chi connectivity index (χ2v) is 8.51. The van der Waals surface area contributed by atoms with E-state index in [0.29, 0.717) is 23.1 Å². The van der Waals surface area contributed by atoms with Crippen molar-refractivity contribution in [1.82, 2.24) is 15.2 Å². The molecule has 2 aromatic rings. The molecule has 1 aromatic heterocycles. The van der Waals surface area contributed by atoms with Crippen LogP contribution < -0.4 is 20.1 Å². The van der Waals surface area contributed by atoms with Crippen LogP contribution in [0.25, 0.3) is 0 Å². The highest BCUT2D eigenvalue weighted by atomic mass is 32.1. The molecule has 1 aromatic carbocycles. The number of methoxy groups -OCH3 is 2. The topological polar surface area (TPSA) is 110 Å². The van der Waals surface area contributed by atoms with Gasteiger partial charge in [-0.25, -0.2) is 9.78 Å². The minimum Gasteiger partial charge on any atom is -0.493 e. The van der Waals surface area contributed by atoms with Crippen molar-refractivity contribution in [3.05, 3.63) is 34.3 Å². The van der Waals surface area contributed by atoms with Gasteiger partial charge < -0.3 is 20.1 Å². The first-order valence-electron chi connectivity index (χ1n) is 10.1. The Balaban J connectivity index is 1.32. The van der Waals surface area contributed by atoms with Gasteiger partial charge in [0.05, 0.1) is 26.3 Å². The number of fused-ring (bicyclic) bond motifs is 1. The van der Waals surface area contributed by atoms with Crippen LogP contribution in [0.5, 0.6) is 11.5 Å². The SMILES string of the molecule is COc1ccc(CCN2C(=O)N[C@@H](CC(=O)Nc3nc4c(s3)CCC4)C2=O)cc1OC. The van der Waals surface area contributed by atoms with E-state index in [2.05, 4.69) is 15.6 Å². The summed E-state index contributed by atoms with van der Waals surface area (Å²) in [5, 5.41) is 5.90. The van der Waals surface area contributed by atoms with Gasteiger partial charge in [0.15, 0.2) is 16.6 Å². The first-order valence-corrected chi connectivity index (χ1v) is 10.9. The number of rotatable bonds is 8. The third kappa shape index (κ3) is 4.48. The number of benzene rings is 1. The Kier molecular flexibility index (Phi) is 6.08. The fourth-order valence-electron chi connectivity index (χ4n) is 3.80. The highest BCUT2D eigenvalue weighted by Gasteiger charge is 2.38. The van der Waals surface area contributed by atoms with Crippen molar-refractivity contribution in [2.24, 2.45) is 0 Å². The zero-order chi connectivity index (χ0) is 22.0. The fourth-order valence-corrected chi connectivity index (χ4v) is 4.87. The molecule has 1 atom stereocenters. The number of hydrogen-bond donors (Lipinski definition) is 2. The van der Waals surface area contributed by atoms with E-state index in [1.165, 1.54) is 16.2 Å². The number of ether oxygens (including phenoxy) is 2. The summed E-state index contributed by atoms with van der Waals surface area (Å²) in [6.45, 7) is 0.206. The van der Waals surface area contributed by atoms with Gasteiger partial charge in [0, 0.05) is 11.4 Å². The van der Waals surface area contributed by atoms with Gasteiger partial charge in [-0.15, -0.1) is 11.3 Å². The molecule has 10 heteroatoms. The number of urea groups is 1. The number of carbonyl (C=O) groups is 3. The molecule has 0 unspecified atom stereocenters. The number of aromatic nitrogens is 1. The second-order valence-electron chi connectivity index (χ2n) is 7.43. The molecule has 0 bridgehead atoms. The van der Waals surface area contributed by atoms with E-state index in [1.54, 1.807) is 20.3 Å². The van der Waals surface area contributed by atoms with E-state index in [9.17, 15) is 14.4 Å². The summed E-state index contributed by atoms with van der Waals surface area (Å²) in [5.74, 6) is 0.452. The van der Waals surface area contributed by atoms with E-state index in [1.807, 2.05) is 12.1 Å². The van der Waals surface area contributed by atoms with Crippen molar-refractivity contribution in [1.29, 1.82) is 0 Å². The fraction of sp³-hybridized carbons (Fsp3) is 0.429. The molecule has 4 rings (SSSR count). The minimum atomic E-state index is -0.871. The molecule has 1 saturated heterocycles. The summed E-state index contributed by atoms with van der Waals surface area (Å²) >= 11 is 1.48. The highest BCUT2D eigenvalue weighted by molar-refractivity contribution is 7.15. The standard InChI is InChI=1S/C21H24N4O5S/c1-29-15-7-6-12(10-16(15)30-2)8-9-25-19(27)14(23-21(25)28)11-18(26)24-20-22-13-4-3-5-17(13)31-20/h6-7,10,14H,3-5,8-9,11H2,1-2H3,(H,23,28)(H,22,24,26)/t14-/m0/s1. The minimum absolute atomic E-state index is 0.123. The van der Waals surface area contributed by atoms with E-state index >= 15 is 0 Å². The van der Waals surface area contributed by atoms with E-state index in [0.717, 1.165) is 35.4 Å². The molecule has 0 spiro atoms. The smallest absolute Gasteiger partial charge is 0.324 e. The summed E-state index contributed by atoms with van der Waals surface area (Å²) in [5.41, 5.74) is 1.95. The monoisotopic (exact) mass is 444 g/mol. The maximum Gasteiger partial charge on any atom is 0.324 e. The van der Waals surface area contributed by atoms with Gasteiger partial charge >= 0.3 is 6.03 Å². The molecule has 1 fully saturated rings. The lowest BCUT2D eigenvalue weighted by Crippen LogP contribution is -2.34. The van der Waals surface area contributed by atoms with Crippen LogP contribution in [0.3, 0.4) is 0 Å². The Hall–Kier alpha value is -3.14. The van der Waals surface area contributed by atoms with Crippen molar-refractivity contribution < 1.29 is 23.9 Å². The van der Waals surface area contributed by atoms with E-state index < -0.39 is 18.0 Å². The van der Waals surface area contributed by atoms with Crippen LogP contribution in [0.1, 0.15) is 29.0 Å². The summed E-state index contributed by atoms with van der Waals surface area (Å²) in [6, 6.07) is 4.09. The zero-order valence-corrected chi connectivity index (χ0v) is 18.2. The average molecular weight is 445 g/mol. The number of aryl methyl sites for hydroxylation is 2. The largest absolute Gasteiger partial charge is 0.493 e. The summed E-state index contributed by atoms with van der Waals surface area (Å²) in [4.78, 5) is 44.1. The van der Waals surface area contributed by atoms with Crippen molar-refractivity contribution >= 4 is 34.3 Å². The molecule has 2 aliphatic rings. The number of anilines is 1. The zero-order valence-electron chi connectivity index (χ0n) is 17.4. The van der Waals surface area contributed by atoms with Crippen molar-refractivity contribution in [3.8, 4) is 11.5 Å². The van der Waals surface area contributed by atoms with Gasteiger partial charge in [-0.05, 0) is 43.4 Å². The molecule has 1 aliphatic carbocycles. The van der Waals surface area contributed by atoms with Crippen molar-refractivity contribution in [3.63, 3.8) is 0 Å². The number of imide groups is 1. The molecular weight excluding hydrogens is 420 g/mol. The summed E-state index contributed by atoms with van der Waals surface area (Å²) in [7, 11) is 3.11. The van der Waals surface area contributed by atoms with Gasteiger partial charge in [0.1, 0.15) is 6.04 Å². The molecule has 2 N–H and O–H groups in total. The van der Waals surface area contributed by atoms with Crippen molar-refractivity contribution in [2.45, 2.75) is 38.1 Å². The Labute approximate surface area is 183 Å². The average Bonchev–Trinajstić information content (AvgIpc) is 3.41. The Bertz CT molecular complexity index is 1000. The molecule has 2 heterocycles.